The average molecular weight is 267 g/mol. The van der Waals surface area contributed by atoms with E-state index in [1.54, 1.807) is 12.1 Å². The van der Waals surface area contributed by atoms with E-state index in [4.69, 9.17) is 4.42 Å². The summed E-state index contributed by atoms with van der Waals surface area (Å²) in [6.45, 7) is 0. The Labute approximate surface area is 96.7 Å². The Morgan fingerprint density at radius 1 is 1.13 bits per heavy atom. The van der Waals surface area contributed by atoms with E-state index >= 15 is 0 Å². The molecule has 0 bridgehead atoms. The van der Waals surface area contributed by atoms with Crippen LogP contribution in [0.5, 0.6) is 0 Å². The summed E-state index contributed by atoms with van der Waals surface area (Å²) < 4.78 is 5.93. The van der Waals surface area contributed by atoms with Gasteiger partial charge in [-0.15, -0.1) is 0 Å². The van der Waals surface area contributed by atoms with E-state index in [9.17, 15) is 5.11 Å². The number of rotatable bonds is 3. The Bertz CT molecular complexity index is 422. The van der Waals surface area contributed by atoms with Crippen molar-refractivity contribution in [2.24, 2.45) is 0 Å². The second-order valence-corrected chi connectivity index (χ2v) is 4.13. The first-order valence-corrected chi connectivity index (χ1v) is 5.52. The van der Waals surface area contributed by atoms with E-state index in [1.807, 2.05) is 30.3 Å². The Morgan fingerprint density at radius 2 is 1.87 bits per heavy atom. The predicted octanol–water partition coefficient (Wildman–Crippen LogP) is 3.32. The minimum absolute atomic E-state index is 0.570. The van der Waals surface area contributed by atoms with Crippen LogP contribution in [-0.4, -0.2) is 5.11 Å². The lowest BCUT2D eigenvalue weighted by Crippen LogP contribution is -1.99. The number of hydrogen-bond donors (Lipinski definition) is 1. The van der Waals surface area contributed by atoms with Crippen LogP contribution < -0.4 is 0 Å². The number of furan rings is 1. The maximum Gasteiger partial charge on any atom is 0.169 e. The van der Waals surface area contributed by atoms with Crippen molar-refractivity contribution in [3.63, 3.8) is 0 Å². The molecule has 0 aliphatic carbocycles. The van der Waals surface area contributed by atoms with Crippen LogP contribution in [0.3, 0.4) is 0 Å². The second-order valence-electron chi connectivity index (χ2n) is 3.35. The maximum atomic E-state index is 9.87. The third-order valence-electron chi connectivity index (χ3n) is 2.19. The van der Waals surface area contributed by atoms with E-state index in [0.29, 0.717) is 16.9 Å². The van der Waals surface area contributed by atoms with Gasteiger partial charge in [0.15, 0.2) is 4.67 Å². The van der Waals surface area contributed by atoms with Gasteiger partial charge in [-0.2, -0.15) is 0 Å². The van der Waals surface area contributed by atoms with Crippen molar-refractivity contribution < 1.29 is 9.52 Å². The summed E-state index contributed by atoms with van der Waals surface area (Å²) in [5.41, 5.74) is 1.09. The SMILES string of the molecule is OC(Cc1ccccc1)c1ccc(Br)o1. The molecule has 0 spiro atoms. The van der Waals surface area contributed by atoms with E-state index < -0.39 is 6.10 Å². The summed E-state index contributed by atoms with van der Waals surface area (Å²) in [6, 6.07) is 13.4. The van der Waals surface area contributed by atoms with Gasteiger partial charge in [-0.1, -0.05) is 30.3 Å². The molecule has 2 nitrogen and oxygen atoms in total. The third-order valence-corrected chi connectivity index (χ3v) is 2.62. The minimum atomic E-state index is -0.585. The van der Waals surface area contributed by atoms with Crippen molar-refractivity contribution >= 4 is 15.9 Å². The molecule has 0 saturated carbocycles. The van der Waals surface area contributed by atoms with Gasteiger partial charge in [0.1, 0.15) is 11.9 Å². The molecule has 1 aromatic heterocycles. The fourth-order valence-corrected chi connectivity index (χ4v) is 1.76. The summed E-state index contributed by atoms with van der Waals surface area (Å²) in [5, 5.41) is 9.87. The highest BCUT2D eigenvalue weighted by Gasteiger charge is 2.12. The van der Waals surface area contributed by atoms with Gasteiger partial charge in [0.25, 0.3) is 0 Å². The van der Waals surface area contributed by atoms with Crippen molar-refractivity contribution in [1.29, 1.82) is 0 Å². The molecule has 0 amide bonds. The van der Waals surface area contributed by atoms with Crippen LogP contribution in [0, 0.1) is 0 Å². The lowest BCUT2D eigenvalue weighted by atomic mass is 10.1. The molecule has 2 aromatic rings. The Morgan fingerprint density at radius 3 is 2.47 bits per heavy atom. The van der Waals surface area contributed by atoms with E-state index in [1.165, 1.54) is 0 Å². The molecule has 15 heavy (non-hydrogen) atoms. The molecule has 1 unspecified atom stereocenters. The Hall–Kier alpha value is -1.06. The zero-order chi connectivity index (χ0) is 10.7. The van der Waals surface area contributed by atoms with Crippen molar-refractivity contribution in [2.75, 3.05) is 0 Å². The van der Waals surface area contributed by atoms with Crippen LogP contribution in [0.25, 0.3) is 0 Å². The molecule has 2 rings (SSSR count). The van der Waals surface area contributed by atoms with Crippen LogP contribution in [0.15, 0.2) is 51.6 Å². The van der Waals surface area contributed by atoms with Gasteiger partial charge in [-0.05, 0) is 33.6 Å². The molecule has 0 aliphatic rings. The second kappa shape index (κ2) is 4.64. The number of benzene rings is 1. The highest BCUT2D eigenvalue weighted by molar-refractivity contribution is 9.10. The molecular formula is C12H11BrO2. The third kappa shape index (κ3) is 2.70. The van der Waals surface area contributed by atoms with Gasteiger partial charge in [0.05, 0.1) is 0 Å². The molecule has 0 fully saturated rings. The normalized spacial score (nSPS) is 12.7. The summed E-state index contributed by atoms with van der Waals surface area (Å²) >= 11 is 3.21. The van der Waals surface area contributed by atoms with E-state index in [2.05, 4.69) is 15.9 Å². The summed E-state index contributed by atoms with van der Waals surface area (Å²) in [6.07, 6.45) is -0.0143. The van der Waals surface area contributed by atoms with Crippen LogP contribution in [0.4, 0.5) is 0 Å². The molecule has 0 saturated heterocycles. The smallest absolute Gasteiger partial charge is 0.169 e. The summed E-state index contributed by atoms with van der Waals surface area (Å²) in [5.74, 6) is 0.589. The molecule has 3 heteroatoms. The van der Waals surface area contributed by atoms with Gasteiger partial charge in [-0.3, -0.25) is 0 Å². The maximum absolute atomic E-state index is 9.87. The van der Waals surface area contributed by atoms with Gasteiger partial charge < -0.3 is 9.52 Å². The van der Waals surface area contributed by atoms with Crippen LogP contribution in [-0.2, 0) is 6.42 Å². The van der Waals surface area contributed by atoms with Gasteiger partial charge >= 0.3 is 0 Å². The quantitative estimate of drug-likeness (QED) is 0.925. The predicted molar refractivity (Wildman–Crippen MR) is 61.5 cm³/mol. The van der Waals surface area contributed by atoms with Crippen molar-refractivity contribution in [2.45, 2.75) is 12.5 Å². The van der Waals surface area contributed by atoms with Gasteiger partial charge in [0, 0.05) is 6.42 Å². The van der Waals surface area contributed by atoms with Gasteiger partial charge in [0.2, 0.25) is 0 Å². The topological polar surface area (TPSA) is 33.4 Å². The molecule has 0 aliphatic heterocycles. The molecule has 1 heterocycles. The number of halogens is 1. The van der Waals surface area contributed by atoms with Crippen molar-refractivity contribution in [3.05, 3.63) is 58.5 Å². The molecule has 1 aromatic carbocycles. The molecule has 1 atom stereocenters. The molecular weight excluding hydrogens is 256 g/mol. The fraction of sp³-hybridized carbons (Fsp3) is 0.167. The Balaban J connectivity index is 2.07. The summed E-state index contributed by atoms with van der Waals surface area (Å²) in [4.78, 5) is 0. The summed E-state index contributed by atoms with van der Waals surface area (Å²) in [7, 11) is 0. The largest absolute Gasteiger partial charge is 0.452 e. The lowest BCUT2D eigenvalue weighted by molar-refractivity contribution is 0.149. The van der Waals surface area contributed by atoms with E-state index in [-0.39, 0.29) is 0 Å². The molecule has 78 valence electrons. The fourth-order valence-electron chi connectivity index (χ4n) is 1.45. The van der Waals surface area contributed by atoms with Crippen molar-refractivity contribution in [3.8, 4) is 0 Å². The standard InChI is InChI=1S/C12H11BrO2/c13-12-7-6-11(15-12)10(14)8-9-4-2-1-3-5-9/h1-7,10,14H,8H2. The first-order valence-electron chi connectivity index (χ1n) is 4.73. The zero-order valence-corrected chi connectivity index (χ0v) is 9.65. The van der Waals surface area contributed by atoms with Crippen LogP contribution in [0.1, 0.15) is 17.4 Å². The highest BCUT2D eigenvalue weighted by atomic mass is 79.9. The first kappa shape index (κ1) is 10.5. The van der Waals surface area contributed by atoms with Crippen molar-refractivity contribution in [1.82, 2.24) is 0 Å². The first-order chi connectivity index (χ1) is 7.25. The van der Waals surface area contributed by atoms with Crippen LogP contribution >= 0.6 is 15.9 Å². The highest BCUT2D eigenvalue weighted by Crippen LogP contribution is 2.23. The number of aliphatic hydroxyl groups is 1. The Kier molecular flexibility index (Phi) is 3.23. The monoisotopic (exact) mass is 266 g/mol. The molecule has 1 N–H and O–H groups in total. The van der Waals surface area contributed by atoms with Gasteiger partial charge in [-0.25, -0.2) is 0 Å². The minimum Gasteiger partial charge on any atom is -0.452 e. The van der Waals surface area contributed by atoms with E-state index in [0.717, 1.165) is 5.56 Å². The van der Waals surface area contributed by atoms with Crippen LogP contribution in [0.2, 0.25) is 0 Å². The number of aliphatic hydroxyl groups excluding tert-OH is 1. The zero-order valence-electron chi connectivity index (χ0n) is 8.06. The average Bonchev–Trinajstić information content (AvgIpc) is 2.66. The molecule has 0 radical (unpaired) electrons. The lowest BCUT2D eigenvalue weighted by Gasteiger charge is -2.07. The number of hydrogen-bond acceptors (Lipinski definition) is 2.